The van der Waals surface area contributed by atoms with Gasteiger partial charge >= 0.3 is 0 Å². The van der Waals surface area contributed by atoms with Crippen molar-refractivity contribution in [1.29, 1.82) is 0 Å². The van der Waals surface area contributed by atoms with Crippen LogP contribution >= 0.6 is 0 Å². The van der Waals surface area contributed by atoms with Crippen molar-refractivity contribution >= 4 is 0 Å². The molecule has 1 fully saturated rings. The fraction of sp³-hybridized carbons (Fsp3) is 0.727. The Balaban J connectivity index is 2.28. The van der Waals surface area contributed by atoms with Crippen LogP contribution in [0.15, 0.2) is 6.20 Å². The summed E-state index contributed by atoms with van der Waals surface area (Å²) in [5.41, 5.74) is 2.43. The highest BCUT2D eigenvalue weighted by Gasteiger charge is 2.27. The Kier molecular flexibility index (Phi) is 2.59. The molecule has 1 aromatic rings. The number of aliphatic hydroxyl groups excluding tert-OH is 1. The van der Waals surface area contributed by atoms with Gasteiger partial charge in [0.2, 0.25) is 0 Å². The van der Waals surface area contributed by atoms with Crippen LogP contribution in [0.5, 0.6) is 0 Å². The summed E-state index contributed by atoms with van der Waals surface area (Å²) in [6.07, 6.45) is 6.15. The van der Waals surface area contributed by atoms with Crippen molar-refractivity contribution in [3.05, 3.63) is 17.5 Å². The van der Waals surface area contributed by atoms with Gasteiger partial charge in [-0.05, 0) is 25.3 Å². The maximum Gasteiger partial charge on any atom is 0.0623 e. The van der Waals surface area contributed by atoms with E-state index >= 15 is 0 Å². The number of hydrogen-bond acceptors (Lipinski definition) is 2. The van der Waals surface area contributed by atoms with E-state index in [0.29, 0.717) is 5.92 Å². The van der Waals surface area contributed by atoms with E-state index in [2.05, 4.69) is 12.0 Å². The predicted molar refractivity (Wildman–Crippen MR) is 55.2 cm³/mol. The van der Waals surface area contributed by atoms with Crippen molar-refractivity contribution in [3.8, 4) is 0 Å². The van der Waals surface area contributed by atoms with Gasteiger partial charge < -0.3 is 5.11 Å². The van der Waals surface area contributed by atoms with Crippen LogP contribution in [0, 0.1) is 6.92 Å². The molecule has 0 saturated heterocycles. The molecule has 0 radical (unpaired) electrons. The molecule has 3 heteroatoms. The molecule has 0 aliphatic heterocycles. The van der Waals surface area contributed by atoms with Gasteiger partial charge in [0, 0.05) is 18.7 Å². The van der Waals surface area contributed by atoms with Crippen molar-refractivity contribution in [2.24, 2.45) is 7.05 Å². The Labute approximate surface area is 84.7 Å². The fourth-order valence-corrected chi connectivity index (χ4v) is 2.52. The lowest BCUT2D eigenvalue weighted by Gasteiger charge is -2.28. The monoisotopic (exact) mass is 194 g/mol. The number of nitrogens with zero attached hydrogens (tertiary/aromatic N) is 2. The summed E-state index contributed by atoms with van der Waals surface area (Å²) in [5.74, 6) is 0.302. The molecule has 1 N–H and O–H groups in total. The first-order valence-corrected chi connectivity index (χ1v) is 5.36. The number of aliphatic hydroxyl groups is 1. The zero-order chi connectivity index (χ0) is 10.1. The minimum atomic E-state index is -0.169. The third-order valence-corrected chi connectivity index (χ3v) is 3.26. The minimum absolute atomic E-state index is 0.169. The first kappa shape index (κ1) is 9.71. The van der Waals surface area contributed by atoms with Crippen LogP contribution in [-0.4, -0.2) is 21.0 Å². The molecule has 2 rings (SSSR count). The Morgan fingerprint density at radius 3 is 2.71 bits per heavy atom. The van der Waals surface area contributed by atoms with Gasteiger partial charge in [0.25, 0.3) is 0 Å². The smallest absolute Gasteiger partial charge is 0.0623 e. The predicted octanol–water partition coefficient (Wildman–Crippen LogP) is 1.75. The Morgan fingerprint density at radius 1 is 1.43 bits per heavy atom. The molecule has 0 aromatic carbocycles. The summed E-state index contributed by atoms with van der Waals surface area (Å²) < 4.78 is 1.91. The second kappa shape index (κ2) is 3.73. The van der Waals surface area contributed by atoms with Crippen LogP contribution < -0.4 is 0 Å². The summed E-state index contributed by atoms with van der Waals surface area (Å²) in [6.45, 7) is 2.07. The standard InChI is InChI=1S/C11H18N2O/c1-8-7-12-13(2)11(8)9-5-3-4-6-10(9)14/h7,9-10,14H,3-6H2,1-2H3. The van der Waals surface area contributed by atoms with Crippen molar-refractivity contribution in [2.45, 2.75) is 44.6 Å². The molecule has 14 heavy (non-hydrogen) atoms. The summed E-state index contributed by atoms with van der Waals surface area (Å²) in [5, 5.41) is 14.2. The van der Waals surface area contributed by atoms with E-state index in [1.165, 1.54) is 17.7 Å². The van der Waals surface area contributed by atoms with E-state index in [0.717, 1.165) is 19.3 Å². The van der Waals surface area contributed by atoms with Crippen LogP contribution in [0.25, 0.3) is 0 Å². The summed E-state index contributed by atoms with van der Waals surface area (Å²) >= 11 is 0. The zero-order valence-electron chi connectivity index (χ0n) is 8.90. The van der Waals surface area contributed by atoms with Crippen molar-refractivity contribution in [3.63, 3.8) is 0 Å². The lowest BCUT2D eigenvalue weighted by Crippen LogP contribution is -2.25. The van der Waals surface area contributed by atoms with E-state index in [1.54, 1.807) is 0 Å². The van der Waals surface area contributed by atoms with E-state index in [4.69, 9.17) is 0 Å². The largest absolute Gasteiger partial charge is 0.392 e. The summed E-state index contributed by atoms with van der Waals surface area (Å²) in [6, 6.07) is 0. The molecule has 1 aliphatic rings. The van der Waals surface area contributed by atoms with Gasteiger partial charge in [0.05, 0.1) is 12.3 Å². The molecule has 2 unspecified atom stereocenters. The average Bonchev–Trinajstić information content (AvgIpc) is 2.48. The SMILES string of the molecule is Cc1cnn(C)c1C1CCCCC1O. The van der Waals surface area contributed by atoms with E-state index in [9.17, 15) is 5.11 Å². The normalized spacial score (nSPS) is 27.9. The van der Waals surface area contributed by atoms with Crippen molar-refractivity contribution < 1.29 is 5.11 Å². The maximum absolute atomic E-state index is 9.95. The molecule has 3 nitrogen and oxygen atoms in total. The molecule has 2 atom stereocenters. The lowest BCUT2D eigenvalue weighted by atomic mass is 9.83. The summed E-state index contributed by atoms with van der Waals surface area (Å²) in [4.78, 5) is 0. The van der Waals surface area contributed by atoms with E-state index < -0.39 is 0 Å². The molecule has 1 aromatic heterocycles. The molecular weight excluding hydrogens is 176 g/mol. The highest BCUT2D eigenvalue weighted by molar-refractivity contribution is 5.21. The molecule has 78 valence electrons. The Hall–Kier alpha value is -0.830. The van der Waals surface area contributed by atoms with Gasteiger partial charge in [0.15, 0.2) is 0 Å². The van der Waals surface area contributed by atoms with E-state index in [-0.39, 0.29) is 6.10 Å². The molecule has 0 bridgehead atoms. The maximum atomic E-state index is 9.95. The molecule has 0 spiro atoms. The first-order valence-electron chi connectivity index (χ1n) is 5.36. The fourth-order valence-electron chi connectivity index (χ4n) is 2.52. The van der Waals surface area contributed by atoms with Gasteiger partial charge in [-0.1, -0.05) is 12.8 Å². The Morgan fingerprint density at radius 2 is 2.14 bits per heavy atom. The third-order valence-electron chi connectivity index (χ3n) is 3.26. The minimum Gasteiger partial charge on any atom is -0.392 e. The van der Waals surface area contributed by atoms with Gasteiger partial charge in [-0.2, -0.15) is 5.10 Å². The van der Waals surface area contributed by atoms with Crippen LogP contribution in [-0.2, 0) is 7.05 Å². The van der Waals surface area contributed by atoms with Gasteiger partial charge in [0.1, 0.15) is 0 Å². The van der Waals surface area contributed by atoms with Gasteiger partial charge in [-0.3, -0.25) is 4.68 Å². The van der Waals surface area contributed by atoms with Crippen LogP contribution in [0.2, 0.25) is 0 Å². The second-order valence-electron chi connectivity index (χ2n) is 4.29. The topological polar surface area (TPSA) is 38.0 Å². The first-order chi connectivity index (χ1) is 6.70. The number of aryl methyl sites for hydroxylation is 2. The quantitative estimate of drug-likeness (QED) is 0.739. The highest BCUT2D eigenvalue weighted by atomic mass is 16.3. The molecule has 0 amide bonds. The number of aromatic nitrogens is 2. The number of hydrogen-bond donors (Lipinski definition) is 1. The molecular formula is C11H18N2O. The van der Waals surface area contributed by atoms with Gasteiger partial charge in [-0.15, -0.1) is 0 Å². The molecule has 1 heterocycles. The second-order valence-corrected chi connectivity index (χ2v) is 4.29. The molecule has 1 aliphatic carbocycles. The van der Waals surface area contributed by atoms with Crippen LogP contribution in [0.4, 0.5) is 0 Å². The Bertz CT molecular complexity index is 300. The summed E-state index contributed by atoms with van der Waals surface area (Å²) in [7, 11) is 1.96. The third kappa shape index (κ3) is 1.57. The van der Waals surface area contributed by atoms with Crippen molar-refractivity contribution in [2.75, 3.05) is 0 Å². The van der Waals surface area contributed by atoms with E-state index in [1.807, 2.05) is 17.9 Å². The van der Waals surface area contributed by atoms with Gasteiger partial charge in [-0.25, -0.2) is 0 Å². The zero-order valence-corrected chi connectivity index (χ0v) is 8.90. The van der Waals surface area contributed by atoms with Crippen LogP contribution in [0.1, 0.15) is 42.9 Å². The average molecular weight is 194 g/mol. The lowest BCUT2D eigenvalue weighted by molar-refractivity contribution is 0.102. The number of rotatable bonds is 1. The van der Waals surface area contributed by atoms with Crippen molar-refractivity contribution in [1.82, 2.24) is 9.78 Å². The highest BCUT2D eigenvalue weighted by Crippen LogP contribution is 2.34. The van der Waals surface area contributed by atoms with Crippen LogP contribution in [0.3, 0.4) is 0 Å². The molecule has 1 saturated carbocycles.